The standard InChI is InChI=1S/C41H38F5N7O3/c1-3-27-30(43)8-5-21-11-26(54)13-28(32(21)27)33-35(44)37-34(29-19-50(2)49-36(29)33)38(48-39(47-37)56-20-40-9-4-10-52(40)16-23(42)15-40)51-17-24-6-7-25(18-51)53(24)31(55)12-22-14-41(22,45)46/h1,5,8,11,13,19,22-25,54H,4,6-7,9-10,12,14-18,20H2,2H3/t22?,23-,24?,25?,40+/m1/s1. The Morgan fingerprint density at radius 3 is 2.57 bits per heavy atom. The largest absolute Gasteiger partial charge is 0.508 e. The third kappa shape index (κ3) is 5.38. The Morgan fingerprint density at radius 1 is 1.07 bits per heavy atom. The first-order valence-corrected chi connectivity index (χ1v) is 19.1. The number of hydrogen-bond acceptors (Lipinski definition) is 8. The molecule has 3 aromatic carbocycles. The monoisotopic (exact) mass is 771 g/mol. The highest BCUT2D eigenvalue weighted by atomic mass is 19.3. The minimum atomic E-state index is -2.80. The molecule has 0 spiro atoms. The number of terminal acetylenes is 1. The number of hydrogen-bond donors (Lipinski definition) is 1. The molecule has 2 bridgehead atoms. The number of phenolic OH excluding ortho intramolecular Hbond substituents is 1. The van der Waals surface area contributed by atoms with Gasteiger partial charge in [-0.25, -0.2) is 22.0 Å². The lowest BCUT2D eigenvalue weighted by atomic mass is 9.91. The number of carbonyl (C=O) groups excluding carboxylic acids is 1. The van der Waals surface area contributed by atoms with Gasteiger partial charge in [0.05, 0.1) is 16.5 Å². The summed E-state index contributed by atoms with van der Waals surface area (Å²) in [6.07, 6.45) is 9.29. The van der Waals surface area contributed by atoms with Crippen LogP contribution in [0.5, 0.6) is 11.8 Å². The molecule has 5 aliphatic rings. The first kappa shape index (κ1) is 35.2. The molecule has 5 atom stereocenters. The molecule has 1 N–H and O–H groups in total. The van der Waals surface area contributed by atoms with Gasteiger partial charge in [-0.05, 0) is 61.4 Å². The van der Waals surface area contributed by atoms with Crippen LogP contribution in [0.25, 0.3) is 43.7 Å². The lowest BCUT2D eigenvalue weighted by Crippen LogP contribution is -2.56. The molecule has 4 saturated heterocycles. The predicted molar refractivity (Wildman–Crippen MR) is 198 cm³/mol. The van der Waals surface area contributed by atoms with E-state index in [9.17, 15) is 23.1 Å². The average molecular weight is 772 g/mol. The maximum absolute atomic E-state index is 17.7. The van der Waals surface area contributed by atoms with Gasteiger partial charge in [0, 0.05) is 86.5 Å². The number of anilines is 1. The van der Waals surface area contributed by atoms with Crippen LogP contribution in [-0.4, -0.2) is 103 Å². The van der Waals surface area contributed by atoms with Gasteiger partial charge in [-0.1, -0.05) is 12.0 Å². The zero-order valence-electron chi connectivity index (χ0n) is 30.5. The first-order valence-electron chi connectivity index (χ1n) is 19.1. The topological polar surface area (TPSA) is 99.9 Å². The number of aromatic nitrogens is 4. The summed E-state index contributed by atoms with van der Waals surface area (Å²) in [5, 5.41) is 16.9. The smallest absolute Gasteiger partial charge is 0.319 e. The Labute approximate surface area is 318 Å². The molecule has 0 radical (unpaired) electrons. The molecule has 2 aromatic heterocycles. The van der Waals surface area contributed by atoms with Crippen molar-refractivity contribution < 1.29 is 36.6 Å². The minimum absolute atomic E-state index is 0.0595. The summed E-state index contributed by atoms with van der Waals surface area (Å²) < 4.78 is 83.2. The molecule has 10 rings (SSSR count). The number of benzene rings is 3. The molecule has 5 fully saturated rings. The van der Waals surface area contributed by atoms with E-state index in [1.54, 1.807) is 18.1 Å². The number of piperazine rings is 1. The van der Waals surface area contributed by atoms with Gasteiger partial charge in [0.15, 0.2) is 5.82 Å². The van der Waals surface area contributed by atoms with Crippen LogP contribution in [0.3, 0.4) is 0 Å². The highest BCUT2D eigenvalue weighted by Crippen LogP contribution is 2.52. The minimum Gasteiger partial charge on any atom is -0.508 e. The molecule has 1 amide bonds. The van der Waals surface area contributed by atoms with Gasteiger partial charge in [-0.2, -0.15) is 15.1 Å². The highest BCUT2D eigenvalue weighted by Gasteiger charge is 2.58. The summed E-state index contributed by atoms with van der Waals surface area (Å²) >= 11 is 0. The molecule has 1 aliphatic carbocycles. The van der Waals surface area contributed by atoms with Crippen LogP contribution in [0.15, 0.2) is 30.5 Å². The molecule has 15 heteroatoms. The Bertz CT molecular complexity index is 2530. The van der Waals surface area contributed by atoms with Crippen molar-refractivity contribution in [3.63, 3.8) is 0 Å². The summed E-state index contributed by atoms with van der Waals surface area (Å²) in [6, 6.07) is 4.72. The van der Waals surface area contributed by atoms with Crippen molar-refractivity contribution in [3.05, 3.63) is 47.7 Å². The van der Waals surface area contributed by atoms with Crippen molar-refractivity contribution in [1.82, 2.24) is 29.5 Å². The molecule has 10 nitrogen and oxygen atoms in total. The number of aromatic hydroxyl groups is 1. The van der Waals surface area contributed by atoms with Crippen molar-refractivity contribution >= 4 is 44.3 Å². The summed E-state index contributed by atoms with van der Waals surface area (Å²) in [4.78, 5) is 28.8. The molecular weight excluding hydrogens is 733 g/mol. The normalized spacial score (nSPS) is 26.7. The van der Waals surface area contributed by atoms with E-state index in [1.807, 2.05) is 4.90 Å². The number of fused-ring (bicyclic) bond motifs is 7. The Balaban J connectivity index is 1.14. The highest BCUT2D eigenvalue weighted by molar-refractivity contribution is 6.18. The SMILES string of the molecule is C#Cc1c(F)ccc2cc(O)cc(-c3c(F)c4nc(OC[C@@]56CCCN5C[C@H](F)C6)nc(N5CC6CCC(C5)N6C(=O)CC5CC5(F)F)c4c4cn(C)nc34)c12. The second-order valence-corrected chi connectivity index (χ2v) is 16.3. The summed E-state index contributed by atoms with van der Waals surface area (Å²) in [6.45, 7) is 1.76. The lowest BCUT2D eigenvalue weighted by Gasteiger charge is -2.42. The summed E-state index contributed by atoms with van der Waals surface area (Å²) in [5.74, 6) is -3.00. The van der Waals surface area contributed by atoms with E-state index < -0.39 is 35.2 Å². The summed E-state index contributed by atoms with van der Waals surface area (Å²) in [5.41, 5.74) is -0.523. The van der Waals surface area contributed by atoms with Gasteiger partial charge >= 0.3 is 6.01 Å². The van der Waals surface area contributed by atoms with E-state index in [-0.39, 0.29) is 82.3 Å². The van der Waals surface area contributed by atoms with E-state index in [2.05, 4.69) is 20.9 Å². The first-order chi connectivity index (χ1) is 26.8. The zero-order chi connectivity index (χ0) is 38.8. The Kier molecular flexibility index (Phi) is 7.78. The predicted octanol–water partition coefficient (Wildman–Crippen LogP) is 6.48. The van der Waals surface area contributed by atoms with Crippen LogP contribution in [-0.2, 0) is 11.8 Å². The van der Waals surface area contributed by atoms with Crippen molar-refractivity contribution in [1.29, 1.82) is 0 Å². The fraction of sp³-hybridized carbons (Fsp3) is 0.463. The second kappa shape index (κ2) is 12.4. The molecule has 6 heterocycles. The number of aryl methyl sites for hydroxylation is 1. The zero-order valence-corrected chi connectivity index (χ0v) is 30.5. The molecule has 5 aromatic rings. The van der Waals surface area contributed by atoms with E-state index in [0.29, 0.717) is 60.9 Å². The third-order valence-electron chi connectivity index (χ3n) is 12.8. The van der Waals surface area contributed by atoms with Gasteiger partial charge in [-0.15, -0.1) is 6.42 Å². The van der Waals surface area contributed by atoms with Crippen molar-refractivity contribution in [2.24, 2.45) is 13.0 Å². The summed E-state index contributed by atoms with van der Waals surface area (Å²) in [7, 11) is 1.68. The van der Waals surface area contributed by atoms with E-state index in [4.69, 9.17) is 16.1 Å². The number of ether oxygens (including phenoxy) is 1. The second-order valence-electron chi connectivity index (χ2n) is 16.3. The van der Waals surface area contributed by atoms with E-state index in [0.717, 1.165) is 19.4 Å². The number of carbonyl (C=O) groups is 1. The average Bonchev–Trinajstić information content (AvgIpc) is 3.56. The quantitative estimate of drug-likeness (QED) is 0.148. The number of nitrogens with zero attached hydrogens (tertiary/aromatic N) is 7. The van der Waals surface area contributed by atoms with E-state index in [1.165, 1.54) is 28.9 Å². The van der Waals surface area contributed by atoms with Gasteiger partial charge in [0.1, 0.15) is 41.2 Å². The molecule has 3 unspecified atom stereocenters. The lowest BCUT2D eigenvalue weighted by molar-refractivity contribution is -0.135. The number of halogens is 5. The molecule has 1 saturated carbocycles. The molecule has 4 aliphatic heterocycles. The van der Waals surface area contributed by atoms with Crippen molar-refractivity contribution in [3.8, 4) is 35.2 Å². The third-order valence-corrected chi connectivity index (χ3v) is 12.8. The number of alkyl halides is 3. The van der Waals surface area contributed by atoms with Gasteiger partial charge in [0.25, 0.3) is 5.92 Å². The van der Waals surface area contributed by atoms with Crippen LogP contribution in [0.1, 0.15) is 50.5 Å². The molecular formula is C41H38F5N7O3. The number of rotatable bonds is 7. The van der Waals surface area contributed by atoms with Crippen molar-refractivity contribution in [2.45, 2.75) is 74.7 Å². The van der Waals surface area contributed by atoms with E-state index >= 15 is 8.78 Å². The molecule has 290 valence electrons. The van der Waals surface area contributed by atoms with Gasteiger partial charge in [-0.3, -0.25) is 14.4 Å². The number of phenols is 1. The maximum Gasteiger partial charge on any atom is 0.319 e. The fourth-order valence-corrected chi connectivity index (χ4v) is 10.2. The number of amides is 1. The van der Waals surface area contributed by atoms with Crippen LogP contribution >= 0.6 is 0 Å². The Morgan fingerprint density at radius 2 is 1.84 bits per heavy atom. The Hall–Kier alpha value is -5.23. The van der Waals surface area contributed by atoms with Crippen LogP contribution in [0.4, 0.5) is 27.8 Å². The molecule has 56 heavy (non-hydrogen) atoms. The fourth-order valence-electron chi connectivity index (χ4n) is 10.2. The van der Waals surface area contributed by atoms with Gasteiger partial charge in [0.2, 0.25) is 5.91 Å². The maximum atomic E-state index is 17.7. The van der Waals surface area contributed by atoms with Gasteiger partial charge < -0.3 is 19.6 Å². The van der Waals surface area contributed by atoms with Crippen LogP contribution < -0.4 is 9.64 Å². The van der Waals surface area contributed by atoms with Crippen LogP contribution in [0.2, 0.25) is 0 Å². The van der Waals surface area contributed by atoms with Crippen LogP contribution in [0, 0.1) is 29.9 Å². The van der Waals surface area contributed by atoms with Crippen molar-refractivity contribution in [2.75, 3.05) is 37.7 Å².